The molecule has 0 bridgehead atoms. The predicted octanol–water partition coefficient (Wildman–Crippen LogP) is 2.41. The highest BCUT2D eigenvalue weighted by Crippen LogP contribution is 2.41. The van der Waals surface area contributed by atoms with Gasteiger partial charge in [0.2, 0.25) is 0 Å². The van der Waals surface area contributed by atoms with Crippen LogP contribution in [0.4, 0.5) is 11.4 Å². The van der Waals surface area contributed by atoms with Crippen molar-refractivity contribution in [2.24, 2.45) is 0 Å². The number of anilines is 2. The minimum absolute atomic E-state index is 0.0212. The second-order valence-electron chi connectivity index (χ2n) is 7.08. The number of rotatable bonds is 4. The number of hydrogen-bond donors (Lipinski definition) is 5. The van der Waals surface area contributed by atoms with Crippen LogP contribution in [0, 0.1) is 0 Å². The number of fused-ring (bicyclic) bond motifs is 2. The van der Waals surface area contributed by atoms with Crippen molar-refractivity contribution in [3.63, 3.8) is 0 Å². The Balaban J connectivity index is 2.32. The van der Waals surface area contributed by atoms with E-state index in [2.05, 4.69) is 4.98 Å². The van der Waals surface area contributed by atoms with Crippen LogP contribution in [0.3, 0.4) is 0 Å². The van der Waals surface area contributed by atoms with E-state index in [1.807, 2.05) is 0 Å². The van der Waals surface area contributed by atoms with E-state index in [0.29, 0.717) is 5.56 Å². The first-order chi connectivity index (χ1) is 15.3. The van der Waals surface area contributed by atoms with E-state index in [0.717, 1.165) is 0 Å². The molecular weight excluding hydrogens is 474 g/mol. The molecular formula is C20H15N3O8S2. The van der Waals surface area contributed by atoms with Crippen LogP contribution >= 0.6 is 0 Å². The molecule has 4 aromatic rings. The molecule has 0 saturated heterocycles. The van der Waals surface area contributed by atoms with Gasteiger partial charge in [-0.1, -0.05) is 24.3 Å². The number of carboxylic acids is 1. The topological polar surface area (TPSA) is 211 Å². The molecule has 0 spiro atoms. The standard InChI is InChI=1S/C20H15N3O8S2/c21-13-7-5-11-15(9-1-3-10(4-2-9)20(24)25)12-6-8-14(22)19(33(29,30)31)17(12)23-16(11)18(13)32(26,27)28/h1-8H,21-22H2,(H,24,25)(H,26,27,28)(H,29,30,31). The fraction of sp³-hybridized carbons (Fsp3) is 0. The zero-order valence-corrected chi connectivity index (χ0v) is 18.1. The Morgan fingerprint density at radius 2 is 1.15 bits per heavy atom. The molecule has 1 heterocycles. The van der Waals surface area contributed by atoms with Gasteiger partial charge in [-0.15, -0.1) is 0 Å². The molecule has 0 fully saturated rings. The molecule has 13 heteroatoms. The number of nitrogen functional groups attached to an aromatic ring is 2. The van der Waals surface area contributed by atoms with Gasteiger partial charge in [0.1, 0.15) is 9.79 Å². The van der Waals surface area contributed by atoms with Crippen molar-refractivity contribution in [3.05, 3.63) is 54.1 Å². The summed E-state index contributed by atoms with van der Waals surface area (Å²) in [5, 5.41) is 9.51. The van der Waals surface area contributed by atoms with Gasteiger partial charge < -0.3 is 16.6 Å². The number of nitrogens with two attached hydrogens (primary N) is 2. The van der Waals surface area contributed by atoms with Crippen molar-refractivity contribution in [2.45, 2.75) is 9.79 Å². The van der Waals surface area contributed by atoms with Crippen molar-refractivity contribution in [1.82, 2.24) is 4.98 Å². The summed E-state index contributed by atoms with van der Waals surface area (Å²) in [7, 11) is -9.83. The molecule has 0 aliphatic rings. The van der Waals surface area contributed by atoms with Gasteiger partial charge in [0.25, 0.3) is 20.2 Å². The average molecular weight is 489 g/mol. The smallest absolute Gasteiger partial charge is 0.335 e. The van der Waals surface area contributed by atoms with Crippen LogP contribution in [0.2, 0.25) is 0 Å². The van der Waals surface area contributed by atoms with Gasteiger partial charge >= 0.3 is 5.97 Å². The number of carbonyl (C=O) groups is 1. The molecule has 0 amide bonds. The normalized spacial score (nSPS) is 12.3. The highest BCUT2D eigenvalue weighted by molar-refractivity contribution is 7.86. The maximum Gasteiger partial charge on any atom is 0.335 e. The molecule has 0 saturated carbocycles. The Labute approximate surface area is 186 Å². The van der Waals surface area contributed by atoms with Gasteiger partial charge in [0.15, 0.2) is 0 Å². The Bertz CT molecular complexity index is 1600. The number of carboxylic acid groups (broad SMARTS) is 1. The monoisotopic (exact) mass is 489 g/mol. The summed E-state index contributed by atoms with van der Waals surface area (Å²) in [5.41, 5.74) is 10.7. The molecule has 11 nitrogen and oxygen atoms in total. The zero-order valence-electron chi connectivity index (χ0n) is 16.4. The van der Waals surface area contributed by atoms with E-state index >= 15 is 0 Å². The second kappa shape index (κ2) is 7.38. The number of pyridine rings is 1. The van der Waals surface area contributed by atoms with Crippen LogP contribution in [0.5, 0.6) is 0 Å². The van der Waals surface area contributed by atoms with Crippen LogP contribution in [-0.4, -0.2) is 42.0 Å². The van der Waals surface area contributed by atoms with E-state index in [1.54, 1.807) is 0 Å². The number of aromatic carboxylic acids is 1. The van der Waals surface area contributed by atoms with Crippen molar-refractivity contribution in [2.75, 3.05) is 11.5 Å². The van der Waals surface area contributed by atoms with Gasteiger partial charge in [-0.3, -0.25) is 9.11 Å². The highest BCUT2D eigenvalue weighted by Gasteiger charge is 2.26. The highest BCUT2D eigenvalue weighted by atomic mass is 32.2. The molecule has 170 valence electrons. The summed E-state index contributed by atoms with van der Waals surface area (Å²) in [6.45, 7) is 0. The molecule has 0 aliphatic carbocycles. The lowest BCUT2D eigenvalue weighted by molar-refractivity contribution is 0.0697. The van der Waals surface area contributed by atoms with Crippen LogP contribution in [0.1, 0.15) is 10.4 Å². The fourth-order valence-corrected chi connectivity index (χ4v) is 5.22. The van der Waals surface area contributed by atoms with E-state index in [-0.39, 0.29) is 44.3 Å². The zero-order chi connectivity index (χ0) is 24.3. The molecule has 33 heavy (non-hydrogen) atoms. The van der Waals surface area contributed by atoms with Crippen molar-refractivity contribution in [3.8, 4) is 11.1 Å². The van der Waals surface area contributed by atoms with E-state index < -0.39 is 36.0 Å². The molecule has 1 aromatic heterocycles. The van der Waals surface area contributed by atoms with Gasteiger partial charge in [0, 0.05) is 16.3 Å². The fourth-order valence-electron chi connectivity index (χ4n) is 3.69. The van der Waals surface area contributed by atoms with Gasteiger partial charge in [-0.05, 0) is 29.8 Å². The number of aromatic nitrogens is 1. The largest absolute Gasteiger partial charge is 0.478 e. The first-order valence-corrected chi connectivity index (χ1v) is 11.9. The molecule has 7 N–H and O–H groups in total. The Hall–Kier alpha value is -3.78. The van der Waals surface area contributed by atoms with Crippen molar-refractivity contribution >= 4 is 59.4 Å². The van der Waals surface area contributed by atoms with Crippen LogP contribution in [0.15, 0.2) is 58.3 Å². The quantitative estimate of drug-likeness (QED) is 0.159. The lowest BCUT2D eigenvalue weighted by Gasteiger charge is -2.16. The summed E-state index contributed by atoms with van der Waals surface area (Å²) >= 11 is 0. The second-order valence-corrected chi connectivity index (χ2v) is 9.80. The molecule has 0 atom stereocenters. The number of hydrogen-bond acceptors (Lipinski definition) is 8. The maximum absolute atomic E-state index is 12.1. The lowest BCUT2D eigenvalue weighted by atomic mass is 9.95. The van der Waals surface area contributed by atoms with E-state index in [9.17, 15) is 35.8 Å². The van der Waals surface area contributed by atoms with Gasteiger partial charge in [-0.2, -0.15) is 16.8 Å². The number of benzene rings is 3. The third-order valence-corrected chi connectivity index (χ3v) is 6.91. The summed E-state index contributed by atoms with van der Waals surface area (Å²) in [5.74, 6) is -1.17. The maximum atomic E-state index is 12.1. The Morgan fingerprint density at radius 3 is 1.52 bits per heavy atom. The van der Waals surface area contributed by atoms with Gasteiger partial charge in [0.05, 0.1) is 28.0 Å². The summed E-state index contributed by atoms with van der Waals surface area (Å²) in [6.07, 6.45) is 0. The minimum atomic E-state index is -4.91. The molecule has 4 rings (SSSR count). The average Bonchev–Trinajstić information content (AvgIpc) is 2.70. The van der Waals surface area contributed by atoms with Crippen molar-refractivity contribution < 1.29 is 35.8 Å². The summed E-state index contributed by atoms with van der Waals surface area (Å²) < 4.78 is 67.9. The van der Waals surface area contributed by atoms with Gasteiger partial charge in [-0.25, -0.2) is 9.78 Å². The first kappa shape index (κ1) is 22.4. The van der Waals surface area contributed by atoms with Crippen LogP contribution in [-0.2, 0) is 20.2 Å². The number of nitrogens with zero attached hydrogens (tertiary/aromatic N) is 1. The van der Waals surface area contributed by atoms with Crippen LogP contribution in [0.25, 0.3) is 32.9 Å². The van der Waals surface area contributed by atoms with Crippen molar-refractivity contribution in [1.29, 1.82) is 0 Å². The van der Waals surface area contributed by atoms with Crippen LogP contribution < -0.4 is 11.5 Å². The summed E-state index contributed by atoms with van der Waals surface area (Å²) in [4.78, 5) is 13.9. The third kappa shape index (κ3) is 3.72. The Kier molecular flexibility index (Phi) is 5.01. The predicted molar refractivity (Wildman–Crippen MR) is 120 cm³/mol. The first-order valence-electron chi connectivity index (χ1n) is 9.04. The van der Waals surface area contributed by atoms with E-state index in [1.165, 1.54) is 48.5 Å². The lowest BCUT2D eigenvalue weighted by Crippen LogP contribution is -2.08. The SMILES string of the molecule is Nc1ccc2c(-c3ccc(C(=O)O)cc3)c3ccc(N)c(S(=O)(=O)O)c3nc2c1S(=O)(=O)O. The molecule has 0 aliphatic heterocycles. The van der Waals surface area contributed by atoms with E-state index in [4.69, 9.17) is 11.5 Å². The minimum Gasteiger partial charge on any atom is -0.478 e. The summed E-state index contributed by atoms with van der Waals surface area (Å²) in [6, 6.07) is 10.8. The molecule has 0 unspecified atom stereocenters. The Morgan fingerprint density at radius 1 is 0.727 bits per heavy atom. The molecule has 0 radical (unpaired) electrons. The molecule has 3 aromatic carbocycles. The third-order valence-electron chi connectivity index (χ3n) is 5.02.